The van der Waals surface area contributed by atoms with Gasteiger partial charge in [-0.25, -0.2) is 0 Å². The zero-order chi connectivity index (χ0) is 6.85. The maximum absolute atomic E-state index is 9.00. The van der Waals surface area contributed by atoms with E-state index >= 15 is 0 Å². The normalized spacial score (nSPS) is 39.3. The van der Waals surface area contributed by atoms with Crippen LogP contribution in [0.5, 0.6) is 0 Å². The van der Waals surface area contributed by atoms with Crippen molar-refractivity contribution in [1.29, 1.82) is 0 Å². The number of aliphatic hydroxyl groups is 2. The van der Waals surface area contributed by atoms with Crippen LogP contribution in [0.1, 0.15) is 0 Å². The molecule has 0 spiro atoms. The highest BCUT2D eigenvalue weighted by Crippen LogP contribution is 2.03. The molecule has 1 rings (SSSR count). The van der Waals surface area contributed by atoms with Gasteiger partial charge in [0.25, 0.3) is 0 Å². The molecule has 1 saturated heterocycles. The van der Waals surface area contributed by atoms with Crippen LogP contribution >= 0.6 is 12.4 Å². The molecule has 0 aromatic carbocycles. The third-order valence-electron chi connectivity index (χ3n) is 1.69. The number of hydrogen-bond acceptors (Lipinski definition) is 4. The SMILES string of the molecule is Cl.N[C@@H]1[C@@H](O)CN[C@@H]1CO. The number of nitrogens with two attached hydrogens (primary N) is 1. The third kappa shape index (κ3) is 1.81. The van der Waals surface area contributed by atoms with Crippen LogP contribution in [-0.2, 0) is 0 Å². The number of hydrogen-bond donors (Lipinski definition) is 4. The van der Waals surface area contributed by atoms with Crippen LogP contribution in [-0.4, -0.2) is 41.6 Å². The van der Waals surface area contributed by atoms with Crippen molar-refractivity contribution in [3.8, 4) is 0 Å². The van der Waals surface area contributed by atoms with E-state index in [4.69, 9.17) is 15.9 Å². The fourth-order valence-corrected chi connectivity index (χ4v) is 0.999. The van der Waals surface area contributed by atoms with Gasteiger partial charge in [-0.15, -0.1) is 12.4 Å². The van der Waals surface area contributed by atoms with E-state index in [1.54, 1.807) is 0 Å². The fraction of sp³-hybridized carbons (Fsp3) is 1.00. The van der Waals surface area contributed by atoms with E-state index < -0.39 is 6.10 Å². The molecule has 0 saturated carbocycles. The molecule has 1 heterocycles. The van der Waals surface area contributed by atoms with Crippen molar-refractivity contribution in [2.75, 3.05) is 13.2 Å². The Labute approximate surface area is 65.8 Å². The van der Waals surface area contributed by atoms with Crippen molar-refractivity contribution >= 4 is 12.4 Å². The van der Waals surface area contributed by atoms with Crippen LogP contribution in [0.4, 0.5) is 0 Å². The predicted molar refractivity (Wildman–Crippen MR) is 40.1 cm³/mol. The number of aliphatic hydroxyl groups excluding tert-OH is 2. The number of rotatable bonds is 1. The summed E-state index contributed by atoms with van der Waals surface area (Å²) in [5.41, 5.74) is 5.46. The van der Waals surface area contributed by atoms with Gasteiger partial charge >= 0.3 is 0 Å². The van der Waals surface area contributed by atoms with Crippen LogP contribution in [0.2, 0.25) is 0 Å². The lowest BCUT2D eigenvalue weighted by molar-refractivity contribution is 0.162. The lowest BCUT2D eigenvalue weighted by atomic mass is 10.1. The first-order valence-corrected chi connectivity index (χ1v) is 3.03. The van der Waals surface area contributed by atoms with Crippen molar-refractivity contribution in [2.24, 2.45) is 5.73 Å². The Hall–Kier alpha value is 0.130. The molecule has 5 N–H and O–H groups in total. The van der Waals surface area contributed by atoms with E-state index in [1.165, 1.54) is 0 Å². The van der Waals surface area contributed by atoms with Gasteiger partial charge < -0.3 is 21.3 Å². The standard InChI is InChI=1S/C5H12N2O2.ClH/c6-5-3(2-8)7-1-4(5)9;/h3-5,7-9H,1-2,6H2;1H/t3-,4+,5+;/m1./s1. The summed E-state index contributed by atoms with van der Waals surface area (Å²) >= 11 is 0. The summed E-state index contributed by atoms with van der Waals surface area (Å²) in [6, 6.07) is -0.435. The van der Waals surface area contributed by atoms with Crippen molar-refractivity contribution in [1.82, 2.24) is 5.32 Å². The van der Waals surface area contributed by atoms with Crippen molar-refractivity contribution in [2.45, 2.75) is 18.2 Å². The van der Waals surface area contributed by atoms with Crippen molar-refractivity contribution in [3.63, 3.8) is 0 Å². The average Bonchev–Trinajstić information content (AvgIpc) is 2.15. The Morgan fingerprint density at radius 3 is 2.40 bits per heavy atom. The summed E-state index contributed by atoms with van der Waals surface area (Å²) in [6.07, 6.45) is -0.498. The highest BCUT2D eigenvalue weighted by atomic mass is 35.5. The monoisotopic (exact) mass is 168 g/mol. The molecular weight excluding hydrogens is 156 g/mol. The maximum atomic E-state index is 9.00. The Bertz CT molecular complexity index is 104. The molecule has 5 heteroatoms. The lowest BCUT2D eigenvalue weighted by Crippen LogP contribution is -2.42. The number of halogens is 1. The molecule has 0 amide bonds. The average molecular weight is 169 g/mol. The van der Waals surface area contributed by atoms with E-state index in [9.17, 15) is 0 Å². The second-order valence-corrected chi connectivity index (χ2v) is 2.34. The Balaban J connectivity index is 0.000000810. The first-order chi connectivity index (χ1) is 4.25. The highest BCUT2D eigenvalue weighted by molar-refractivity contribution is 5.85. The molecule has 0 aliphatic carbocycles. The van der Waals surface area contributed by atoms with Gasteiger partial charge in [-0.05, 0) is 0 Å². The molecule has 3 atom stereocenters. The minimum atomic E-state index is -0.498. The summed E-state index contributed by atoms with van der Waals surface area (Å²) in [6.45, 7) is 0.491. The van der Waals surface area contributed by atoms with Crippen LogP contribution < -0.4 is 11.1 Å². The molecular formula is C5H13ClN2O2. The zero-order valence-electron chi connectivity index (χ0n) is 5.53. The van der Waals surface area contributed by atoms with Crippen LogP contribution in [0.3, 0.4) is 0 Å². The Kier molecular flexibility index (Phi) is 4.15. The minimum Gasteiger partial charge on any atom is -0.395 e. The summed E-state index contributed by atoms with van der Waals surface area (Å²) < 4.78 is 0. The summed E-state index contributed by atoms with van der Waals surface area (Å²) in [5, 5.41) is 20.5. The van der Waals surface area contributed by atoms with Crippen molar-refractivity contribution in [3.05, 3.63) is 0 Å². The molecule has 1 aliphatic heterocycles. The second kappa shape index (κ2) is 4.10. The lowest BCUT2D eigenvalue weighted by Gasteiger charge is -2.12. The summed E-state index contributed by atoms with van der Waals surface area (Å²) in [4.78, 5) is 0. The topological polar surface area (TPSA) is 78.5 Å². The molecule has 0 bridgehead atoms. The molecule has 1 aliphatic rings. The van der Waals surface area contributed by atoms with E-state index in [0.717, 1.165) is 0 Å². The van der Waals surface area contributed by atoms with Crippen LogP contribution in [0.15, 0.2) is 0 Å². The highest BCUT2D eigenvalue weighted by Gasteiger charge is 2.30. The molecule has 1 fully saturated rings. The number of nitrogens with one attached hydrogen (secondary N) is 1. The van der Waals surface area contributed by atoms with E-state index in [1.807, 2.05) is 0 Å². The number of β-amino-alcohol motifs (C(OH)–C–C–N with tert-alkyl or cyclic N) is 1. The van der Waals surface area contributed by atoms with Crippen LogP contribution in [0.25, 0.3) is 0 Å². The van der Waals surface area contributed by atoms with Gasteiger partial charge in [0.05, 0.1) is 12.7 Å². The van der Waals surface area contributed by atoms with Gasteiger partial charge in [0.2, 0.25) is 0 Å². The van der Waals surface area contributed by atoms with Gasteiger partial charge in [0.1, 0.15) is 0 Å². The van der Waals surface area contributed by atoms with E-state index in [-0.39, 0.29) is 31.1 Å². The molecule has 10 heavy (non-hydrogen) atoms. The summed E-state index contributed by atoms with van der Waals surface area (Å²) in [5.74, 6) is 0. The maximum Gasteiger partial charge on any atom is 0.0831 e. The molecule has 4 nitrogen and oxygen atoms in total. The van der Waals surface area contributed by atoms with Crippen LogP contribution in [0, 0.1) is 0 Å². The van der Waals surface area contributed by atoms with Gasteiger partial charge in [-0.3, -0.25) is 0 Å². The van der Waals surface area contributed by atoms with E-state index in [0.29, 0.717) is 6.54 Å². The summed E-state index contributed by atoms with van der Waals surface area (Å²) in [7, 11) is 0. The van der Waals surface area contributed by atoms with Gasteiger partial charge in [-0.2, -0.15) is 0 Å². The predicted octanol–water partition coefficient (Wildman–Crippen LogP) is -1.94. The molecule has 62 valence electrons. The minimum absolute atomic E-state index is 0. The molecule has 0 unspecified atom stereocenters. The first-order valence-electron chi connectivity index (χ1n) is 3.03. The quantitative estimate of drug-likeness (QED) is 0.368. The Morgan fingerprint density at radius 1 is 1.60 bits per heavy atom. The van der Waals surface area contributed by atoms with Crippen molar-refractivity contribution < 1.29 is 10.2 Å². The van der Waals surface area contributed by atoms with Gasteiger partial charge in [0.15, 0.2) is 0 Å². The first kappa shape index (κ1) is 10.1. The third-order valence-corrected chi connectivity index (χ3v) is 1.69. The fourth-order valence-electron chi connectivity index (χ4n) is 0.999. The zero-order valence-corrected chi connectivity index (χ0v) is 6.34. The molecule has 0 aromatic heterocycles. The molecule has 0 aromatic rings. The largest absolute Gasteiger partial charge is 0.395 e. The van der Waals surface area contributed by atoms with Gasteiger partial charge in [0, 0.05) is 18.6 Å². The van der Waals surface area contributed by atoms with E-state index in [2.05, 4.69) is 5.32 Å². The van der Waals surface area contributed by atoms with Gasteiger partial charge in [-0.1, -0.05) is 0 Å². The smallest absolute Gasteiger partial charge is 0.0831 e. The second-order valence-electron chi connectivity index (χ2n) is 2.34. The Morgan fingerprint density at radius 2 is 2.20 bits per heavy atom. The molecule has 0 radical (unpaired) electrons.